The second-order valence-electron chi connectivity index (χ2n) is 7.79. The van der Waals surface area contributed by atoms with E-state index in [1.54, 1.807) is 27.7 Å². The van der Waals surface area contributed by atoms with E-state index in [0.717, 1.165) is 10.5 Å². The van der Waals surface area contributed by atoms with Crippen molar-refractivity contribution in [2.24, 2.45) is 5.92 Å². The van der Waals surface area contributed by atoms with Crippen LogP contribution in [0.4, 0.5) is 0 Å². The Morgan fingerprint density at radius 1 is 1.19 bits per heavy atom. The van der Waals surface area contributed by atoms with Gasteiger partial charge in [0.15, 0.2) is 0 Å². The maximum atomic E-state index is 12.1. The molecule has 0 saturated heterocycles. The number of esters is 2. The Morgan fingerprint density at radius 3 is 2.33 bits per heavy atom. The van der Waals surface area contributed by atoms with Crippen molar-refractivity contribution in [1.29, 1.82) is 0 Å². The zero-order valence-corrected chi connectivity index (χ0v) is 17.0. The van der Waals surface area contributed by atoms with Crippen molar-refractivity contribution in [2.75, 3.05) is 13.2 Å². The summed E-state index contributed by atoms with van der Waals surface area (Å²) >= 11 is 0. The fourth-order valence-corrected chi connectivity index (χ4v) is 2.36. The highest BCUT2D eigenvalue weighted by Gasteiger charge is 2.32. The van der Waals surface area contributed by atoms with Gasteiger partial charge >= 0.3 is 11.9 Å². The van der Waals surface area contributed by atoms with Crippen LogP contribution in [0.2, 0.25) is 0 Å². The Kier molecular flexibility index (Phi) is 7.94. The van der Waals surface area contributed by atoms with Crippen molar-refractivity contribution >= 4 is 23.8 Å². The summed E-state index contributed by atoms with van der Waals surface area (Å²) in [6.07, 6.45) is 3.03. The minimum atomic E-state index is -0.560. The van der Waals surface area contributed by atoms with E-state index in [1.807, 2.05) is 13.8 Å². The second-order valence-corrected chi connectivity index (χ2v) is 7.79. The van der Waals surface area contributed by atoms with Crippen LogP contribution < -0.4 is 0 Å². The first-order chi connectivity index (χ1) is 12.4. The predicted molar refractivity (Wildman–Crippen MR) is 99.4 cm³/mol. The highest BCUT2D eigenvalue weighted by Crippen LogP contribution is 2.20. The van der Waals surface area contributed by atoms with E-state index in [2.05, 4.69) is 0 Å². The van der Waals surface area contributed by atoms with Crippen LogP contribution in [-0.2, 0) is 28.7 Å². The number of amides is 2. The number of nitrogens with zero attached hydrogens (tertiary/aromatic N) is 1. The van der Waals surface area contributed by atoms with Crippen LogP contribution in [0, 0.1) is 5.92 Å². The number of carbonyl (C=O) groups excluding carboxylic acids is 4. The van der Waals surface area contributed by atoms with E-state index in [0.29, 0.717) is 12.0 Å². The molecule has 0 spiro atoms. The molecule has 7 heteroatoms. The molecule has 0 saturated carbocycles. The highest BCUT2D eigenvalue weighted by molar-refractivity contribution is 6.16. The zero-order chi connectivity index (χ0) is 20.8. The maximum absolute atomic E-state index is 12.1. The third-order valence-corrected chi connectivity index (χ3v) is 3.73. The molecule has 0 aliphatic carbocycles. The van der Waals surface area contributed by atoms with Gasteiger partial charge in [-0.1, -0.05) is 19.4 Å². The van der Waals surface area contributed by atoms with E-state index >= 15 is 0 Å². The van der Waals surface area contributed by atoms with Crippen LogP contribution >= 0.6 is 0 Å². The van der Waals surface area contributed by atoms with E-state index in [-0.39, 0.29) is 31.4 Å². The Balaban J connectivity index is 2.35. The molecule has 0 aromatic rings. The lowest BCUT2D eigenvalue weighted by Crippen LogP contribution is -2.34. The third-order valence-electron chi connectivity index (χ3n) is 3.73. The van der Waals surface area contributed by atoms with Gasteiger partial charge in [0.05, 0.1) is 13.0 Å². The summed E-state index contributed by atoms with van der Waals surface area (Å²) in [7, 11) is 0. The van der Waals surface area contributed by atoms with E-state index in [9.17, 15) is 19.2 Å². The van der Waals surface area contributed by atoms with Crippen LogP contribution in [0.15, 0.2) is 23.3 Å². The molecule has 1 aliphatic heterocycles. The topological polar surface area (TPSA) is 90.0 Å². The molecule has 0 bridgehead atoms. The summed E-state index contributed by atoms with van der Waals surface area (Å²) in [4.78, 5) is 48.5. The van der Waals surface area contributed by atoms with Crippen LogP contribution in [0.1, 0.15) is 54.4 Å². The Labute approximate surface area is 160 Å². The van der Waals surface area contributed by atoms with Crippen molar-refractivity contribution in [2.45, 2.75) is 60.0 Å². The van der Waals surface area contributed by atoms with Gasteiger partial charge in [-0.05, 0) is 33.6 Å². The van der Waals surface area contributed by atoms with E-state index in [4.69, 9.17) is 9.47 Å². The predicted octanol–water partition coefficient (Wildman–Crippen LogP) is 2.55. The molecule has 0 fully saturated rings. The van der Waals surface area contributed by atoms with Crippen molar-refractivity contribution < 1.29 is 28.7 Å². The SMILES string of the molecule is C/C(=C\C(=O)OC(C)(C)C)CCOC(=O)CCN1C(=O)C=C(C(C)C)C1=O. The number of ether oxygens (including phenoxy) is 2. The summed E-state index contributed by atoms with van der Waals surface area (Å²) < 4.78 is 10.3. The molecule has 1 heterocycles. The van der Waals surface area contributed by atoms with Crippen molar-refractivity contribution in [3.8, 4) is 0 Å². The van der Waals surface area contributed by atoms with Gasteiger partial charge in [0.25, 0.3) is 11.8 Å². The van der Waals surface area contributed by atoms with Crippen molar-refractivity contribution in [1.82, 2.24) is 4.90 Å². The van der Waals surface area contributed by atoms with Gasteiger partial charge < -0.3 is 9.47 Å². The number of carbonyl (C=O) groups is 4. The molecule has 27 heavy (non-hydrogen) atoms. The standard InChI is InChI=1S/C20H29NO6/c1-13(2)15-12-16(22)21(19(15)25)9-7-17(23)26-10-8-14(3)11-18(24)27-20(4,5)6/h11-13H,7-10H2,1-6H3/b14-11+. The molecule has 0 aromatic heterocycles. The number of hydrogen-bond acceptors (Lipinski definition) is 6. The molecule has 150 valence electrons. The molecule has 1 aliphatic rings. The van der Waals surface area contributed by atoms with Gasteiger partial charge in [0, 0.05) is 30.7 Å². The van der Waals surface area contributed by atoms with Gasteiger partial charge in [-0.15, -0.1) is 0 Å². The lowest BCUT2D eigenvalue weighted by molar-refractivity contribution is -0.148. The normalized spacial score (nSPS) is 15.3. The van der Waals surface area contributed by atoms with Gasteiger partial charge in [-0.2, -0.15) is 0 Å². The molecule has 7 nitrogen and oxygen atoms in total. The minimum Gasteiger partial charge on any atom is -0.465 e. The number of imide groups is 1. The molecule has 2 amide bonds. The summed E-state index contributed by atoms with van der Waals surface area (Å²) in [5, 5.41) is 0. The van der Waals surface area contributed by atoms with Crippen molar-refractivity contribution in [3.05, 3.63) is 23.3 Å². The number of rotatable bonds is 8. The summed E-state index contributed by atoms with van der Waals surface area (Å²) in [5.74, 6) is -1.73. The van der Waals surface area contributed by atoms with Crippen LogP contribution in [0.5, 0.6) is 0 Å². The Hall–Kier alpha value is -2.44. The lowest BCUT2D eigenvalue weighted by Gasteiger charge is -2.18. The molecule has 0 unspecified atom stereocenters. The maximum Gasteiger partial charge on any atom is 0.331 e. The fraction of sp³-hybridized carbons (Fsp3) is 0.600. The molecular formula is C20H29NO6. The van der Waals surface area contributed by atoms with Crippen molar-refractivity contribution in [3.63, 3.8) is 0 Å². The first kappa shape index (κ1) is 22.6. The Morgan fingerprint density at radius 2 is 1.81 bits per heavy atom. The second kappa shape index (κ2) is 9.48. The lowest BCUT2D eigenvalue weighted by atomic mass is 10.0. The summed E-state index contributed by atoms with van der Waals surface area (Å²) in [6.45, 7) is 10.9. The molecule has 0 radical (unpaired) electrons. The van der Waals surface area contributed by atoms with Gasteiger partial charge in [0.1, 0.15) is 5.60 Å². The van der Waals surface area contributed by atoms with Gasteiger partial charge in [-0.3, -0.25) is 19.3 Å². The van der Waals surface area contributed by atoms with Gasteiger partial charge in [-0.25, -0.2) is 4.79 Å². The first-order valence-electron chi connectivity index (χ1n) is 9.04. The quantitative estimate of drug-likeness (QED) is 0.366. The van der Waals surface area contributed by atoms with Crippen LogP contribution in [0.25, 0.3) is 0 Å². The molecule has 1 rings (SSSR count). The highest BCUT2D eigenvalue weighted by atomic mass is 16.6. The Bertz CT molecular complexity index is 666. The molecular weight excluding hydrogens is 350 g/mol. The van der Waals surface area contributed by atoms with E-state index in [1.165, 1.54) is 12.2 Å². The summed E-state index contributed by atoms with van der Waals surface area (Å²) in [6, 6.07) is 0. The third kappa shape index (κ3) is 7.76. The minimum absolute atomic E-state index is 0.00402. The zero-order valence-electron chi connectivity index (χ0n) is 17.0. The fourth-order valence-electron chi connectivity index (χ4n) is 2.36. The van der Waals surface area contributed by atoms with Crippen LogP contribution in [-0.4, -0.2) is 47.4 Å². The van der Waals surface area contributed by atoms with Gasteiger partial charge in [0.2, 0.25) is 0 Å². The monoisotopic (exact) mass is 379 g/mol. The first-order valence-corrected chi connectivity index (χ1v) is 9.04. The smallest absolute Gasteiger partial charge is 0.331 e. The summed E-state index contributed by atoms with van der Waals surface area (Å²) in [5.41, 5.74) is 0.624. The molecule has 0 N–H and O–H groups in total. The largest absolute Gasteiger partial charge is 0.465 e. The van der Waals surface area contributed by atoms with E-state index < -0.39 is 23.4 Å². The number of hydrogen-bond donors (Lipinski definition) is 0. The molecule has 0 aromatic carbocycles. The average molecular weight is 379 g/mol. The molecule has 0 atom stereocenters. The average Bonchev–Trinajstić information content (AvgIpc) is 2.78. The van der Waals surface area contributed by atoms with Crippen LogP contribution in [0.3, 0.4) is 0 Å².